The molecule has 0 atom stereocenters. The van der Waals surface area contributed by atoms with E-state index in [-0.39, 0.29) is 10.9 Å². The summed E-state index contributed by atoms with van der Waals surface area (Å²) in [5.41, 5.74) is 2.08. The molecular weight excluding hydrogens is 262 g/mol. The highest BCUT2D eigenvalue weighted by molar-refractivity contribution is 7.97. The van der Waals surface area contributed by atoms with Gasteiger partial charge < -0.3 is 4.57 Å². The second-order valence-corrected chi connectivity index (χ2v) is 10.3. The zero-order valence-electron chi connectivity index (χ0n) is 11.1. The Morgan fingerprint density at radius 2 is 2.28 bits per heavy atom. The minimum atomic E-state index is -1.35. The Hall–Kier alpha value is -0.883. The van der Waals surface area contributed by atoms with E-state index in [0.29, 0.717) is 0 Å². The first-order valence-corrected chi connectivity index (χ1v) is 9.92. The van der Waals surface area contributed by atoms with Crippen LogP contribution in [0.4, 0.5) is 5.69 Å². The molecule has 1 aromatic rings. The fourth-order valence-electron chi connectivity index (χ4n) is 2.55. The van der Waals surface area contributed by atoms with Crippen LogP contribution in [0.1, 0.15) is 29.7 Å². The number of anilines is 1. The van der Waals surface area contributed by atoms with Crippen molar-refractivity contribution in [2.75, 3.05) is 11.1 Å². The van der Waals surface area contributed by atoms with Crippen LogP contribution in [-0.2, 0) is 6.42 Å². The molecular formula is C12H19N3OSSi. The van der Waals surface area contributed by atoms with Crippen LogP contribution in [0.5, 0.6) is 0 Å². The summed E-state index contributed by atoms with van der Waals surface area (Å²) < 4.78 is 2.48. The van der Waals surface area contributed by atoms with Crippen molar-refractivity contribution in [3.05, 3.63) is 17.7 Å². The summed E-state index contributed by atoms with van der Waals surface area (Å²) >= 11 is 3.78. The Bertz CT molecular complexity index is 478. The van der Waals surface area contributed by atoms with Crippen molar-refractivity contribution in [3.63, 3.8) is 0 Å². The summed E-state index contributed by atoms with van der Waals surface area (Å²) in [6, 6.07) is 1.31. The lowest BCUT2D eigenvalue weighted by Gasteiger charge is -2.32. The Morgan fingerprint density at radius 3 is 2.78 bits per heavy atom. The third kappa shape index (κ3) is 2.44. The van der Waals surface area contributed by atoms with E-state index in [1.165, 1.54) is 12.5 Å². The van der Waals surface area contributed by atoms with Crippen molar-refractivity contribution in [1.82, 2.24) is 9.97 Å². The summed E-state index contributed by atoms with van der Waals surface area (Å²) in [5.74, 6) is 0.206. The highest BCUT2D eigenvalue weighted by Gasteiger charge is 2.36. The van der Waals surface area contributed by atoms with Crippen molar-refractivity contribution in [3.8, 4) is 0 Å². The number of hydrogen-bond acceptors (Lipinski definition) is 4. The van der Waals surface area contributed by atoms with Crippen molar-refractivity contribution in [2.24, 2.45) is 0 Å². The molecule has 0 bridgehead atoms. The predicted molar refractivity (Wildman–Crippen MR) is 79.0 cm³/mol. The van der Waals surface area contributed by atoms with Gasteiger partial charge in [-0.25, -0.2) is 9.97 Å². The standard InChI is InChI=1S/C12H19N3OSSi/c1-4-9-10(8-13-11(14-9)12(16)17)15-6-5-7-18(15,2)3/h8H,4-7H2,1-3H3,(H,16,17). The van der Waals surface area contributed by atoms with Gasteiger partial charge in [0.05, 0.1) is 17.6 Å². The molecule has 18 heavy (non-hydrogen) atoms. The Labute approximate surface area is 114 Å². The Kier molecular flexibility index (Phi) is 3.77. The largest absolute Gasteiger partial charge is 0.395 e. The molecule has 6 heteroatoms. The molecule has 1 aliphatic rings. The number of aromatic nitrogens is 2. The van der Waals surface area contributed by atoms with Crippen molar-refractivity contribution in [2.45, 2.75) is 38.9 Å². The van der Waals surface area contributed by atoms with Gasteiger partial charge in [0.15, 0.2) is 8.24 Å². The normalized spacial score (nSPS) is 18.1. The summed E-state index contributed by atoms with van der Waals surface area (Å²) in [5, 5.41) is -0.367. The molecule has 2 rings (SSSR count). The molecule has 0 saturated carbocycles. The molecule has 0 aromatic carbocycles. The third-order valence-electron chi connectivity index (χ3n) is 3.56. The first kappa shape index (κ1) is 13.5. The monoisotopic (exact) mass is 281 g/mol. The number of carbonyl (C=O) groups excluding carboxylic acids is 1. The van der Waals surface area contributed by atoms with E-state index in [9.17, 15) is 4.79 Å². The number of hydrogen-bond donors (Lipinski definition) is 1. The van der Waals surface area contributed by atoms with Gasteiger partial charge in [-0.3, -0.25) is 4.79 Å². The van der Waals surface area contributed by atoms with E-state index >= 15 is 0 Å². The van der Waals surface area contributed by atoms with Gasteiger partial charge in [0.25, 0.3) is 5.12 Å². The summed E-state index contributed by atoms with van der Waals surface area (Å²) in [6.45, 7) is 7.89. The van der Waals surface area contributed by atoms with Crippen LogP contribution >= 0.6 is 12.6 Å². The molecule has 98 valence electrons. The lowest BCUT2D eigenvalue weighted by Crippen LogP contribution is -2.44. The zero-order chi connectivity index (χ0) is 13.3. The number of nitrogens with zero attached hydrogens (tertiary/aromatic N) is 3. The number of carbonyl (C=O) groups is 1. The maximum atomic E-state index is 11.2. The molecule has 4 nitrogen and oxygen atoms in total. The number of rotatable bonds is 3. The van der Waals surface area contributed by atoms with E-state index in [2.05, 4.69) is 47.2 Å². The zero-order valence-corrected chi connectivity index (χ0v) is 13.0. The van der Waals surface area contributed by atoms with Crippen LogP contribution in [0.2, 0.25) is 19.1 Å². The van der Waals surface area contributed by atoms with Crippen molar-refractivity contribution >= 4 is 31.7 Å². The molecule has 0 aliphatic carbocycles. The first-order chi connectivity index (χ1) is 8.45. The summed E-state index contributed by atoms with van der Waals surface area (Å²) in [7, 11) is -1.35. The van der Waals surface area contributed by atoms with Gasteiger partial charge in [0.2, 0.25) is 5.82 Å². The van der Waals surface area contributed by atoms with Crippen LogP contribution in [0.25, 0.3) is 0 Å². The van der Waals surface area contributed by atoms with Gasteiger partial charge in [-0.1, -0.05) is 32.6 Å². The van der Waals surface area contributed by atoms with Crippen LogP contribution in [0, 0.1) is 0 Å². The lowest BCUT2D eigenvalue weighted by molar-refractivity contribution is 0.108. The average Bonchev–Trinajstić information content (AvgIpc) is 2.67. The predicted octanol–water partition coefficient (Wildman–Crippen LogP) is 2.52. The molecule has 1 aromatic heterocycles. The van der Waals surface area contributed by atoms with Gasteiger partial charge in [-0.05, 0) is 18.9 Å². The second kappa shape index (κ2) is 5.01. The van der Waals surface area contributed by atoms with Crippen LogP contribution in [-0.4, -0.2) is 29.9 Å². The van der Waals surface area contributed by atoms with Crippen LogP contribution < -0.4 is 4.57 Å². The maximum absolute atomic E-state index is 11.2. The van der Waals surface area contributed by atoms with Crippen molar-refractivity contribution in [1.29, 1.82) is 0 Å². The lowest BCUT2D eigenvalue weighted by atomic mass is 10.2. The van der Waals surface area contributed by atoms with E-state index < -0.39 is 8.24 Å². The Balaban J connectivity index is 2.42. The van der Waals surface area contributed by atoms with Gasteiger partial charge in [-0.15, -0.1) is 0 Å². The molecule has 0 N–H and O–H groups in total. The highest BCUT2D eigenvalue weighted by Crippen LogP contribution is 2.32. The van der Waals surface area contributed by atoms with Gasteiger partial charge in [-0.2, -0.15) is 0 Å². The topological polar surface area (TPSA) is 46.1 Å². The fraction of sp³-hybridized carbons (Fsp3) is 0.583. The SMILES string of the molecule is CCc1nc(C(=O)S)ncc1N1CCC[Si]1(C)C. The maximum Gasteiger partial charge on any atom is 0.253 e. The van der Waals surface area contributed by atoms with E-state index in [1.54, 1.807) is 6.20 Å². The molecule has 0 spiro atoms. The molecule has 1 fully saturated rings. The molecule has 0 radical (unpaired) electrons. The van der Waals surface area contributed by atoms with Crippen molar-refractivity contribution < 1.29 is 4.79 Å². The molecule has 0 unspecified atom stereocenters. The molecule has 0 amide bonds. The quantitative estimate of drug-likeness (QED) is 0.683. The first-order valence-electron chi connectivity index (χ1n) is 6.32. The van der Waals surface area contributed by atoms with Crippen LogP contribution in [0.3, 0.4) is 0 Å². The van der Waals surface area contributed by atoms with Gasteiger partial charge >= 0.3 is 0 Å². The third-order valence-corrected chi connectivity index (χ3v) is 7.27. The number of thiol groups is 1. The van der Waals surface area contributed by atoms with Gasteiger partial charge in [0, 0.05) is 6.54 Å². The smallest absolute Gasteiger partial charge is 0.253 e. The van der Waals surface area contributed by atoms with Crippen LogP contribution in [0.15, 0.2) is 6.20 Å². The fourth-order valence-corrected chi connectivity index (χ4v) is 5.56. The number of aryl methyl sites for hydroxylation is 1. The highest BCUT2D eigenvalue weighted by atomic mass is 32.1. The summed E-state index contributed by atoms with van der Waals surface area (Å²) in [4.78, 5) is 19.7. The molecule has 2 heterocycles. The Morgan fingerprint density at radius 1 is 1.56 bits per heavy atom. The molecule has 1 aliphatic heterocycles. The average molecular weight is 281 g/mol. The minimum Gasteiger partial charge on any atom is -0.395 e. The van der Waals surface area contributed by atoms with E-state index in [0.717, 1.165) is 24.3 Å². The van der Waals surface area contributed by atoms with E-state index in [1.807, 2.05) is 0 Å². The van der Waals surface area contributed by atoms with Gasteiger partial charge in [0.1, 0.15) is 0 Å². The second-order valence-electron chi connectivity index (χ2n) is 5.25. The summed E-state index contributed by atoms with van der Waals surface area (Å²) in [6.07, 6.45) is 3.86. The minimum absolute atomic E-state index is 0.206. The van der Waals surface area contributed by atoms with E-state index in [4.69, 9.17) is 0 Å². The molecule has 1 saturated heterocycles.